The molecule has 0 saturated heterocycles. The lowest BCUT2D eigenvalue weighted by Gasteiger charge is -2.13. The Morgan fingerprint density at radius 2 is 1.85 bits per heavy atom. The van der Waals surface area contributed by atoms with Crippen LogP contribution in [0.3, 0.4) is 0 Å². The van der Waals surface area contributed by atoms with Crippen LogP contribution < -0.4 is 0 Å². The molecule has 0 aliphatic rings. The van der Waals surface area contributed by atoms with E-state index in [1.165, 1.54) is 0 Å². The van der Waals surface area contributed by atoms with Gasteiger partial charge in [-0.3, -0.25) is 0 Å². The third kappa shape index (κ3) is 3.25. The zero-order valence-electron chi connectivity index (χ0n) is 7.84. The average molecular weight is 177 g/mol. The van der Waals surface area contributed by atoms with Gasteiger partial charge in [-0.2, -0.15) is 5.26 Å². The number of halogens is 1. The monoisotopic (exact) mass is 177 g/mol. The minimum Gasteiger partial charge on any atom is -0.244 e. The van der Waals surface area contributed by atoms with Gasteiger partial charge in [-0.1, -0.05) is 12.1 Å². The second kappa shape index (κ2) is 3.57. The first kappa shape index (κ1) is 9.73. The van der Waals surface area contributed by atoms with Crippen LogP contribution in [0, 0.1) is 11.3 Å². The topological polar surface area (TPSA) is 23.8 Å². The van der Waals surface area contributed by atoms with Crippen molar-refractivity contribution in [2.75, 3.05) is 0 Å². The highest BCUT2D eigenvalue weighted by atomic mass is 19.1. The molecule has 0 aliphatic heterocycles. The van der Waals surface area contributed by atoms with Crippen molar-refractivity contribution in [1.29, 1.82) is 5.26 Å². The molecule has 13 heavy (non-hydrogen) atoms. The second-order valence-corrected chi connectivity index (χ2v) is 3.70. The maximum atomic E-state index is 13.2. The number of hydrogen-bond donors (Lipinski definition) is 0. The Morgan fingerprint density at radius 1 is 1.31 bits per heavy atom. The molecule has 0 radical (unpaired) electrons. The molecule has 1 aromatic rings. The summed E-state index contributed by atoms with van der Waals surface area (Å²) >= 11 is 0. The Balaban J connectivity index is 2.77. The van der Waals surface area contributed by atoms with Gasteiger partial charge in [-0.15, -0.1) is 0 Å². The summed E-state index contributed by atoms with van der Waals surface area (Å²) in [6, 6.07) is 9.03. The summed E-state index contributed by atoms with van der Waals surface area (Å²) in [4.78, 5) is 0. The van der Waals surface area contributed by atoms with Crippen LogP contribution in [-0.4, -0.2) is 5.67 Å². The van der Waals surface area contributed by atoms with Crippen molar-refractivity contribution in [3.05, 3.63) is 35.4 Å². The number of nitrogens with zero attached hydrogens (tertiary/aromatic N) is 1. The molecule has 0 heterocycles. The van der Waals surface area contributed by atoms with E-state index in [0.717, 1.165) is 5.56 Å². The lowest BCUT2D eigenvalue weighted by atomic mass is 10.00. The van der Waals surface area contributed by atoms with Gasteiger partial charge in [0, 0.05) is 6.42 Å². The number of nitriles is 1. The Bertz CT molecular complexity index is 313. The third-order valence-corrected chi connectivity index (χ3v) is 1.71. The van der Waals surface area contributed by atoms with E-state index in [0.29, 0.717) is 12.0 Å². The molecule has 2 heteroatoms. The molecule has 1 aromatic carbocycles. The lowest BCUT2D eigenvalue weighted by Crippen LogP contribution is -2.15. The second-order valence-electron chi connectivity index (χ2n) is 3.70. The first-order valence-corrected chi connectivity index (χ1v) is 4.19. The molecule has 0 saturated carbocycles. The summed E-state index contributed by atoms with van der Waals surface area (Å²) in [6.45, 7) is 3.09. The molecular weight excluding hydrogens is 165 g/mol. The van der Waals surface area contributed by atoms with Gasteiger partial charge in [-0.05, 0) is 31.5 Å². The van der Waals surface area contributed by atoms with Crippen LogP contribution in [0.25, 0.3) is 0 Å². The molecule has 0 unspecified atom stereocenters. The molecule has 0 amide bonds. The maximum Gasteiger partial charge on any atom is 0.109 e. The van der Waals surface area contributed by atoms with Gasteiger partial charge in [0.05, 0.1) is 11.6 Å². The van der Waals surface area contributed by atoms with Crippen LogP contribution in [0.15, 0.2) is 24.3 Å². The largest absolute Gasteiger partial charge is 0.244 e. The van der Waals surface area contributed by atoms with Crippen LogP contribution in [0.2, 0.25) is 0 Å². The minimum atomic E-state index is -1.19. The number of hydrogen-bond acceptors (Lipinski definition) is 1. The smallest absolute Gasteiger partial charge is 0.109 e. The first-order valence-electron chi connectivity index (χ1n) is 4.19. The van der Waals surface area contributed by atoms with Crippen LogP contribution in [0.4, 0.5) is 4.39 Å². The van der Waals surface area contributed by atoms with Gasteiger partial charge in [0.2, 0.25) is 0 Å². The fourth-order valence-electron chi connectivity index (χ4n) is 1.18. The van der Waals surface area contributed by atoms with Crippen molar-refractivity contribution < 1.29 is 4.39 Å². The quantitative estimate of drug-likeness (QED) is 0.681. The third-order valence-electron chi connectivity index (χ3n) is 1.71. The number of benzene rings is 1. The van der Waals surface area contributed by atoms with Crippen LogP contribution in [-0.2, 0) is 6.42 Å². The van der Waals surface area contributed by atoms with E-state index >= 15 is 0 Å². The van der Waals surface area contributed by atoms with Crippen LogP contribution in [0.1, 0.15) is 25.0 Å². The molecule has 68 valence electrons. The number of rotatable bonds is 2. The predicted octanol–water partition coefficient (Wildman–Crippen LogP) is 2.85. The lowest BCUT2D eigenvalue weighted by molar-refractivity contribution is 0.217. The Morgan fingerprint density at radius 3 is 2.23 bits per heavy atom. The Hall–Kier alpha value is -1.36. The summed E-state index contributed by atoms with van der Waals surface area (Å²) < 4.78 is 13.2. The Labute approximate surface area is 77.8 Å². The van der Waals surface area contributed by atoms with Crippen LogP contribution >= 0.6 is 0 Å². The summed E-state index contributed by atoms with van der Waals surface area (Å²) in [6.07, 6.45) is 0.388. The normalized spacial score (nSPS) is 10.9. The van der Waals surface area contributed by atoms with Crippen molar-refractivity contribution in [1.82, 2.24) is 0 Å². The van der Waals surface area contributed by atoms with E-state index < -0.39 is 5.67 Å². The van der Waals surface area contributed by atoms with Crippen molar-refractivity contribution in [3.63, 3.8) is 0 Å². The molecule has 1 rings (SSSR count). The maximum absolute atomic E-state index is 13.2. The van der Waals surface area contributed by atoms with E-state index in [1.807, 2.05) is 6.07 Å². The highest BCUT2D eigenvalue weighted by Gasteiger charge is 2.15. The Kier molecular flexibility index (Phi) is 2.67. The van der Waals surface area contributed by atoms with Crippen molar-refractivity contribution >= 4 is 0 Å². The van der Waals surface area contributed by atoms with Crippen molar-refractivity contribution in [3.8, 4) is 6.07 Å². The first-order chi connectivity index (χ1) is 6.01. The SMILES string of the molecule is CC(C)(F)Cc1ccc(C#N)cc1. The van der Waals surface area contributed by atoms with Gasteiger partial charge >= 0.3 is 0 Å². The fraction of sp³-hybridized carbons (Fsp3) is 0.364. The van der Waals surface area contributed by atoms with Gasteiger partial charge < -0.3 is 0 Å². The molecule has 0 aliphatic carbocycles. The molecule has 0 fully saturated rings. The highest BCUT2D eigenvalue weighted by molar-refractivity contribution is 5.32. The fourth-order valence-corrected chi connectivity index (χ4v) is 1.18. The van der Waals surface area contributed by atoms with Gasteiger partial charge in [-0.25, -0.2) is 4.39 Å². The van der Waals surface area contributed by atoms with E-state index in [4.69, 9.17) is 5.26 Å². The van der Waals surface area contributed by atoms with E-state index in [2.05, 4.69) is 0 Å². The summed E-state index contributed by atoms with van der Waals surface area (Å²) in [5.41, 5.74) is 0.348. The molecule has 1 nitrogen and oxygen atoms in total. The molecule has 0 bridgehead atoms. The highest BCUT2D eigenvalue weighted by Crippen LogP contribution is 2.16. The summed E-state index contributed by atoms with van der Waals surface area (Å²) in [5, 5.41) is 8.54. The molecular formula is C11H12FN. The minimum absolute atomic E-state index is 0.388. The molecule has 0 atom stereocenters. The molecule has 0 aromatic heterocycles. The average Bonchev–Trinajstić information content (AvgIpc) is 2.03. The van der Waals surface area contributed by atoms with Gasteiger partial charge in [0.15, 0.2) is 0 Å². The number of alkyl halides is 1. The molecule has 0 spiro atoms. The van der Waals surface area contributed by atoms with E-state index in [-0.39, 0.29) is 0 Å². The zero-order chi connectivity index (χ0) is 9.90. The van der Waals surface area contributed by atoms with Crippen molar-refractivity contribution in [2.24, 2.45) is 0 Å². The van der Waals surface area contributed by atoms with Gasteiger partial charge in [0.25, 0.3) is 0 Å². The van der Waals surface area contributed by atoms with Crippen molar-refractivity contribution in [2.45, 2.75) is 25.9 Å². The zero-order valence-corrected chi connectivity index (χ0v) is 7.84. The summed E-state index contributed by atoms with van der Waals surface area (Å²) in [5.74, 6) is 0. The molecule has 0 N–H and O–H groups in total. The standard InChI is InChI=1S/C11H12FN/c1-11(2,12)7-9-3-5-10(8-13)6-4-9/h3-6H,7H2,1-2H3. The van der Waals surface area contributed by atoms with Crippen LogP contribution in [0.5, 0.6) is 0 Å². The predicted molar refractivity (Wildman–Crippen MR) is 50.0 cm³/mol. The summed E-state index contributed by atoms with van der Waals surface area (Å²) in [7, 11) is 0. The van der Waals surface area contributed by atoms with Gasteiger partial charge in [0.1, 0.15) is 5.67 Å². The van der Waals surface area contributed by atoms with E-state index in [9.17, 15) is 4.39 Å². The van der Waals surface area contributed by atoms with E-state index in [1.54, 1.807) is 38.1 Å².